The van der Waals surface area contributed by atoms with Gasteiger partial charge in [0.1, 0.15) is 11.1 Å². The van der Waals surface area contributed by atoms with Gasteiger partial charge in [-0.05, 0) is 36.2 Å². The SMILES string of the molecule is N#Cc1c(NC(=O)c2cc([N+](=O)[O-])[nH]n2)sc2c1CCCCC2. The van der Waals surface area contributed by atoms with E-state index in [2.05, 4.69) is 21.6 Å². The van der Waals surface area contributed by atoms with E-state index in [9.17, 15) is 20.2 Å². The molecule has 1 amide bonds. The fraction of sp³-hybridized carbons (Fsp3) is 0.357. The van der Waals surface area contributed by atoms with Crippen LogP contribution in [0, 0.1) is 21.4 Å². The number of nitrogens with zero attached hydrogens (tertiary/aromatic N) is 3. The number of aryl methyl sites for hydroxylation is 1. The Balaban J connectivity index is 1.86. The van der Waals surface area contributed by atoms with E-state index in [-0.39, 0.29) is 11.5 Å². The molecule has 0 radical (unpaired) electrons. The van der Waals surface area contributed by atoms with Gasteiger partial charge in [0.2, 0.25) is 0 Å². The van der Waals surface area contributed by atoms with Crippen molar-refractivity contribution in [2.75, 3.05) is 5.32 Å². The number of H-pyrrole nitrogens is 1. The van der Waals surface area contributed by atoms with Gasteiger partial charge in [0.25, 0.3) is 5.91 Å². The van der Waals surface area contributed by atoms with Crippen LogP contribution in [0.3, 0.4) is 0 Å². The van der Waals surface area contributed by atoms with Crippen LogP contribution in [0.1, 0.15) is 45.8 Å². The lowest BCUT2D eigenvalue weighted by atomic mass is 10.1. The van der Waals surface area contributed by atoms with Crippen molar-refractivity contribution in [1.82, 2.24) is 10.2 Å². The van der Waals surface area contributed by atoms with E-state index >= 15 is 0 Å². The third-order valence-electron chi connectivity index (χ3n) is 3.75. The first-order valence-corrected chi connectivity index (χ1v) is 7.97. The van der Waals surface area contributed by atoms with Crippen LogP contribution in [0.25, 0.3) is 0 Å². The molecule has 1 aliphatic rings. The second-order valence-electron chi connectivity index (χ2n) is 5.23. The standard InChI is InChI=1S/C14H13N5O3S/c15-7-9-8-4-2-1-3-5-11(8)23-14(9)16-13(20)10-6-12(18-17-10)19(21)22/h6H,1-5H2,(H,16,20)(H,17,18). The van der Waals surface area contributed by atoms with E-state index in [0.29, 0.717) is 10.6 Å². The quantitative estimate of drug-likeness (QED) is 0.508. The Hall–Kier alpha value is -2.73. The number of anilines is 1. The van der Waals surface area contributed by atoms with E-state index in [0.717, 1.165) is 48.6 Å². The first-order valence-electron chi connectivity index (χ1n) is 7.16. The lowest BCUT2D eigenvalue weighted by molar-refractivity contribution is -0.389. The third kappa shape index (κ3) is 2.93. The van der Waals surface area contributed by atoms with Crippen molar-refractivity contribution in [1.29, 1.82) is 5.26 Å². The molecule has 23 heavy (non-hydrogen) atoms. The number of carbonyl (C=O) groups excluding carboxylic acids is 1. The third-order valence-corrected chi connectivity index (χ3v) is 4.96. The van der Waals surface area contributed by atoms with Gasteiger partial charge in [-0.2, -0.15) is 5.26 Å². The van der Waals surface area contributed by atoms with Crippen LogP contribution in [0.5, 0.6) is 0 Å². The van der Waals surface area contributed by atoms with Crippen LogP contribution in [0.15, 0.2) is 6.07 Å². The fourth-order valence-electron chi connectivity index (χ4n) is 2.64. The summed E-state index contributed by atoms with van der Waals surface area (Å²) < 4.78 is 0. The normalized spacial score (nSPS) is 13.7. The van der Waals surface area contributed by atoms with Crippen molar-refractivity contribution < 1.29 is 9.72 Å². The summed E-state index contributed by atoms with van der Waals surface area (Å²) in [7, 11) is 0. The minimum absolute atomic E-state index is 0.0795. The predicted octanol–water partition coefficient (Wildman–Crippen LogP) is 2.77. The summed E-state index contributed by atoms with van der Waals surface area (Å²) in [4.78, 5) is 23.3. The number of aromatic nitrogens is 2. The van der Waals surface area contributed by atoms with Crippen molar-refractivity contribution in [2.24, 2.45) is 0 Å². The number of nitro groups is 1. The maximum Gasteiger partial charge on any atom is 0.343 e. The molecule has 118 valence electrons. The van der Waals surface area contributed by atoms with Crippen LogP contribution in [0.4, 0.5) is 10.8 Å². The molecule has 2 aromatic rings. The molecule has 3 rings (SSSR count). The second kappa shape index (κ2) is 6.18. The molecule has 0 fully saturated rings. The van der Waals surface area contributed by atoms with Crippen molar-refractivity contribution in [3.05, 3.63) is 37.9 Å². The Labute approximate surface area is 135 Å². The molecule has 2 aromatic heterocycles. The predicted molar refractivity (Wildman–Crippen MR) is 83.5 cm³/mol. The molecule has 1 aliphatic carbocycles. The van der Waals surface area contributed by atoms with Crippen LogP contribution < -0.4 is 5.32 Å². The summed E-state index contributed by atoms with van der Waals surface area (Å²) in [5.74, 6) is -0.917. The molecule has 8 nitrogen and oxygen atoms in total. The molecular weight excluding hydrogens is 318 g/mol. The van der Waals surface area contributed by atoms with Crippen LogP contribution in [-0.4, -0.2) is 21.0 Å². The zero-order chi connectivity index (χ0) is 16.4. The lowest BCUT2D eigenvalue weighted by Crippen LogP contribution is -2.12. The zero-order valence-corrected chi connectivity index (χ0v) is 12.9. The number of aromatic amines is 1. The van der Waals surface area contributed by atoms with Crippen LogP contribution in [0.2, 0.25) is 0 Å². The number of nitrogens with one attached hydrogen (secondary N) is 2. The molecule has 2 N–H and O–H groups in total. The maximum atomic E-state index is 12.2. The van der Waals surface area contributed by atoms with Crippen molar-refractivity contribution in [2.45, 2.75) is 32.1 Å². The number of thiophene rings is 1. The Kier molecular flexibility index (Phi) is 4.08. The van der Waals surface area contributed by atoms with Crippen molar-refractivity contribution in [3.63, 3.8) is 0 Å². The van der Waals surface area contributed by atoms with Gasteiger partial charge in [-0.3, -0.25) is 4.79 Å². The van der Waals surface area contributed by atoms with Gasteiger partial charge in [-0.15, -0.1) is 16.4 Å². The Morgan fingerprint density at radius 3 is 2.91 bits per heavy atom. The molecule has 0 aromatic carbocycles. The minimum atomic E-state index is -0.655. The van der Waals surface area contributed by atoms with Crippen LogP contribution in [-0.2, 0) is 12.8 Å². The number of hydrogen-bond acceptors (Lipinski definition) is 6. The number of hydrogen-bond donors (Lipinski definition) is 2. The highest BCUT2D eigenvalue weighted by Crippen LogP contribution is 2.37. The minimum Gasteiger partial charge on any atom is -0.358 e. The summed E-state index contributed by atoms with van der Waals surface area (Å²) in [6.07, 6.45) is 5.02. The summed E-state index contributed by atoms with van der Waals surface area (Å²) in [5, 5.41) is 29.0. The molecule has 0 aliphatic heterocycles. The average Bonchev–Trinajstić information content (AvgIpc) is 3.07. The molecule has 0 spiro atoms. The number of fused-ring (bicyclic) bond motifs is 1. The average molecular weight is 331 g/mol. The number of rotatable bonds is 3. The van der Waals surface area contributed by atoms with Crippen molar-refractivity contribution in [3.8, 4) is 6.07 Å². The number of amides is 1. The van der Waals surface area contributed by atoms with Gasteiger partial charge >= 0.3 is 5.82 Å². The first-order chi connectivity index (χ1) is 11.1. The van der Waals surface area contributed by atoms with E-state index in [1.807, 2.05) is 0 Å². The summed E-state index contributed by atoms with van der Waals surface area (Å²) in [6.45, 7) is 0. The molecule has 9 heteroatoms. The monoisotopic (exact) mass is 331 g/mol. The molecule has 2 heterocycles. The van der Waals surface area contributed by atoms with Gasteiger partial charge in [-0.25, -0.2) is 0 Å². The highest BCUT2D eigenvalue weighted by molar-refractivity contribution is 7.16. The van der Waals surface area contributed by atoms with Gasteiger partial charge in [-0.1, -0.05) is 11.5 Å². The Morgan fingerprint density at radius 2 is 2.22 bits per heavy atom. The fourth-order valence-corrected chi connectivity index (χ4v) is 3.87. The van der Waals surface area contributed by atoms with E-state index in [1.165, 1.54) is 11.3 Å². The lowest BCUT2D eigenvalue weighted by Gasteiger charge is -2.01. The van der Waals surface area contributed by atoms with E-state index < -0.39 is 10.8 Å². The van der Waals surface area contributed by atoms with E-state index in [4.69, 9.17) is 0 Å². The van der Waals surface area contributed by atoms with Gasteiger partial charge in [0.15, 0.2) is 5.69 Å². The number of carbonyl (C=O) groups is 1. The Bertz CT molecular complexity index is 817. The van der Waals surface area contributed by atoms with Gasteiger partial charge in [0, 0.05) is 4.88 Å². The summed E-state index contributed by atoms with van der Waals surface area (Å²) in [5.41, 5.74) is 1.45. The van der Waals surface area contributed by atoms with Gasteiger partial charge < -0.3 is 15.4 Å². The molecule has 0 bridgehead atoms. The van der Waals surface area contributed by atoms with E-state index in [1.54, 1.807) is 0 Å². The second-order valence-corrected chi connectivity index (χ2v) is 6.34. The molecule has 0 saturated heterocycles. The largest absolute Gasteiger partial charge is 0.358 e. The molecule has 0 unspecified atom stereocenters. The Morgan fingerprint density at radius 1 is 1.43 bits per heavy atom. The summed E-state index contributed by atoms with van der Waals surface area (Å²) in [6, 6.07) is 3.24. The summed E-state index contributed by atoms with van der Waals surface area (Å²) >= 11 is 1.41. The topological polar surface area (TPSA) is 125 Å². The molecule has 0 atom stereocenters. The highest BCUT2D eigenvalue weighted by Gasteiger charge is 2.23. The van der Waals surface area contributed by atoms with Gasteiger partial charge in [0.05, 0.1) is 11.6 Å². The van der Waals surface area contributed by atoms with Crippen molar-refractivity contribution >= 4 is 28.1 Å². The molecule has 0 saturated carbocycles. The molecular formula is C14H13N5O3S. The van der Waals surface area contributed by atoms with Crippen LogP contribution >= 0.6 is 11.3 Å². The smallest absolute Gasteiger partial charge is 0.343 e. The maximum absolute atomic E-state index is 12.2. The first kappa shape index (κ1) is 15.2. The number of nitriles is 1. The zero-order valence-electron chi connectivity index (χ0n) is 12.1. The highest BCUT2D eigenvalue weighted by atomic mass is 32.1.